The number of hydrogen-bond donors (Lipinski definition) is 1. The number of rotatable bonds is 5. The Kier molecular flexibility index (Phi) is 5.38. The highest BCUT2D eigenvalue weighted by Crippen LogP contribution is 2.34. The van der Waals surface area contributed by atoms with Crippen molar-refractivity contribution in [1.82, 2.24) is 0 Å². The fraction of sp³-hybridized carbons (Fsp3) is 0.909. The number of hydrogen-bond acceptors (Lipinski definition) is 2. The zero-order valence-electron chi connectivity index (χ0n) is 8.87. The third kappa shape index (κ3) is 4.36. The van der Waals surface area contributed by atoms with Crippen molar-refractivity contribution >= 4 is 17.7 Å². The van der Waals surface area contributed by atoms with Gasteiger partial charge in [-0.25, -0.2) is 0 Å². The molecule has 2 atom stereocenters. The summed E-state index contributed by atoms with van der Waals surface area (Å²) in [6.45, 7) is 2.21. The van der Waals surface area contributed by atoms with Crippen molar-refractivity contribution in [2.24, 2.45) is 5.92 Å². The quantitative estimate of drug-likeness (QED) is 0.767. The first kappa shape index (κ1) is 11.9. The molecule has 0 amide bonds. The lowest BCUT2D eigenvalue weighted by Crippen LogP contribution is -2.21. The molecule has 1 aliphatic rings. The Morgan fingerprint density at radius 3 is 3.00 bits per heavy atom. The lowest BCUT2D eigenvalue weighted by Gasteiger charge is -2.27. The minimum absolute atomic E-state index is 0.354. The highest BCUT2D eigenvalue weighted by Gasteiger charge is 2.23. The fourth-order valence-electron chi connectivity index (χ4n) is 2.05. The summed E-state index contributed by atoms with van der Waals surface area (Å²) in [5.74, 6) is 1.31. The number of carboxylic acid groups (broad SMARTS) is 1. The summed E-state index contributed by atoms with van der Waals surface area (Å²) in [5, 5.41) is 9.09. The van der Waals surface area contributed by atoms with Crippen molar-refractivity contribution in [2.75, 3.05) is 5.75 Å². The van der Waals surface area contributed by atoms with Crippen LogP contribution < -0.4 is 0 Å². The molecule has 0 spiro atoms. The van der Waals surface area contributed by atoms with Crippen LogP contribution in [0.5, 0.6) is 0 Å². The van der Waals surface area contributed by atoms with Crippen LogP contribution in [0.4, 0.5) is 0 Å². The lowest BCUT2D eigenvalue weighted by molar-refractivity contribution is -0.137. The SMILES string of the molecule is CCCCC1CCSC(CC(=O)O)C1. The lowest BCUT2D eigenvalue weighted by atomic mass is 9.93. The summed E-state index contributed by atoms with van der Waals surface area (Å²) in [7, 11) is 0. The molecule has 2 nitrogen and oxygen atoms in total. The van der Waals surface area contributed by atoms with E-state index in [4.69, 9.17) is 5.11 Å². The van der Waals surface area contributed by atoms with Gasteiger partial charge in [-0.2, -0.15) is 11.8 Å². The van der Waals surface area contributed by atoms with Gasteiger partial charge in [0, 0.05) is 5.25 Å². The van der Waals surface area contributed by atoms with Gasteiger partial charge in [0.1, 0.15) is 0 Å². The first-order valence-corrected chi connectivity index (χ1v) is 6.60. The molecule has 3 heteroatoms. The van der Waals surface area contributed by atoms with E-state index in [2.05, 4.69) is 6.92 Å². The minimum atomic E-state index is -0.640. The van der Waals surface area contributed by atoms with Gasteiger partial charge < -0.3 is 5.11 Å². The maximum atomic E-state index is 10.6. The van der Waals surface area contributed by atoms with Crippen LogP contribution in [-0.4, -0.2) is 22.1 Å². The molecule has 0 aromatic heterocycles. The zero-order valence-corrected chi connectivity index (χ0v) is 9.68. The predicted molar refractivity (Wildman–Crippen MR) is 60.7 cm³/mol. The third-order valence-electron chi connectivity index (χ3n) is 2.84. The van der Waals surface area contributed by atoms with Crippen LogP contribution in [0, 0.1) is 5.92 Å². The van der Waals surface area contributed by atoms with Gasteiger partial charge in [-0.05, 0) is 24.5 Å². The van der Waals surface area contributed by atoms with Gasteiger partial charge in [-0.3, -0.25) is 4.79 Å². The number of carbonyl (C=O) groups is 1. The second-order valence-electron chi connectivity index (χ2n) is 4.12. The Bertz CT molecular complexity index is 182. The summed E-state index contributed by atoms with van der Waals surface area (Å²) in [6, 6.07) is 0. The van der Waals surface area contributed by atoms with Crippen molar-refractivity contribution in [3.05, 3.63) is 0 Å². The van der Waals surface area contributed by atoms with Crippen LogP contribution in [0.1, 0.15) is 45.4 Å². The second-order valence-corrected chi connectivity index (χ2v) is 5.53. The fourth-order valence-corrected chi connectivity index (χ4v) is 3.52. The Balaban J connectivity index is 2.24. The number of thioether (sulfide) groups is 1. The molecule has 82 valence electrons. The summed E-state index contributed by atoms with van der Waals surface area (Å²) in [4.78, 5) is 10.6. The van der Waals surface area contributed by atoms with Crippen LogP contribution >= 0.6 is 11.8 Å². The standard InChI is InChI=1S/C11H20O2S/c1-2-3-4-9-5-6-14-10(7-9)8-11(12)13/h9-10H,2-8H2,1H3,(H,12,13). The van der Waals surface area contributed by atoms with E-state index >= 15 is 0 Å². The van der Waals surface area contributed by atoms with Gasteiger partial charge >= 0.3 is 5.97 Å². The van der Waals surface area contributed by atoms with Gasteiger partial charge in [-0.15, -0.1) is 0 Å². The maximum absolute atomic E-state index is 10.6. The number of unbranched alkanes of at least 4 members (excludes halogenated alkanes) is 1. The van der Waals surface area contributed by atoms with Gasteiger partial charge in [0.25, 0.3) is 0 Å². The van der Waals surface area contributed by atoms with Crippen molar-refractivity contribution in [2.45, 2.75) is 50.7 Å². The molecule has 1 N–H and O–H groups in total. The first-order chi connectivity index (χ1) is 6.72. The van der Waals surface area contributed by atoms with E-state index in [0.29, 0.717) is 11.7 Å². The summed E-state index contributed by atoms with van der Waals surface area (Å²) < 4.78 is 0. The largest absolute Gasteiger partial charge is 0.481 e. The van der Waals surface area contributed by atoms with Crippen molar-refractivity contribution in [3.63, 3.8) is 0 Å². The number of aliphatic carboxylic acids is 1. The van der Waals surface area contributed by atoms with E-state index in [1.54, 1.807) is 0 Å². The molecule has 0 saturated carbocycles. The van der Waals surface area contributed by atoms with Crippen molar-refractivity contribution in [1.29, 1.82) is 0 Å². The molecule has 1 heterocycles. The van der Waals surface area contributed by atoms with E-state index in [1.165, 1.54) is 25.7 Å². The Hall–Kier alpha value is -0.180. The maximum Gasteiger partial charge on any atom is 0.304 e. The smallest absolute Gasteiger partial charge is 0.304 e. The summed E-state index contributed by atoms with van der Waals surface area (Å²) in [5.41, 5.74) is 0. The summed E-state index contributed by atoms with van der Waals surface area (Å²) in [6.07, 6.45) is 6.63. The Morgan fingerprint density at radius 1 is 1.57 bits per heavy atom. The molecule has 0 aromatic carbocycles. The molecule has 1 rings (SSSR count). The zero-order chi connectivity index (χ0) is 10.4. The average molecular weight is 216 g/mol. The van der Waals surface area contributed by atoms with Gasteiger partial charge in [0.2, 0.25) is 0 Å². The van der Waals surface area contributed by atoms with Crippen LogP contribution in [0.15, 0.2) is 0 Å². The molecule has 1 saturated heterocycles. The van der Waals surface area contributed by atoms with Crippen molar-refractivity contribution < 1.29 is 9.90 Å². The first-order valence-electron chi connectivity index (χ1n) is 5.55. The minimum Gasteiger partial charge on any atom is -0.481 e. The monoisotopic (exact) mass is 216 g/mol. The van der Waals surface area contributed by atoms with Crippen LogP contribution in [0.2, 0.25) is 0 Å². The second kappa shape index (κ2) is 6.33. The molecule has 1 fully saturated rings. The average Bonchev–Trinajstić information content (AvgIpc) is 2.14. The van der Waals surface area contributed by atoms with Gasteiger partial charge in [0.05, 0.1) is 6.42 Å². The van der Waals surface area contributed by atoms with E-state index < -0.39 is 5.97 Å². The van der Waals surface area contributed by atoms with E-state index in [9.17, 15) is 4.79 Å². The van der Waals surface area contributed by atoms with Crippen LogP contribution in [-0.2, 0) is 4.79 Å². The molecule has 14 heavy (non-hydrogen) atoms. The number of carboxylic acids is 1. The predicted octanol–water partition coefficient (Wildman–Crippen LogP) is 3.16. The molecule has 0 radical (unpaired) electrons. The molecule has 0 bridgehead atoms. The molecular weight excluding hydrogens is 196 g/mol. The Labute approximate surface area is 90.5 Å². The van der Waals surface area contributed by atoms with Crippen molar-refractivity contribution in [3.8, 4) is 0 Å². The molecule has 0 aliphatic carbocycles. The topological polar surface area (TPSA) is 37.3 Å². The third-order valence-corrected chi connectivity index (χ3v) is 4.15. The van der Waals surface area contributed by atoms with Crippen LogP contribution in [0.3, 0.4) is 0 Å². The normalized spacial score (nSPS) is 27.5. The van der Waals surface area contributed by atoms with E-state index in [1.807, 2.05) is 11.8 Å². The van der Waals surface area contributed by atoms with E-state index in [0.717, 1.165) is 18.1 Å². The molecule has 2 unspecified atom stereocenters. The van der Waals surface area contributed by atoms with Crippen LogP contribution in [0.25, 0.3) is 0 Å². The Morgan fingerprint density at radius 2 is 2.36 bits per heavy atom. The van der Waals surface area contributed by atoms with Gasteiger partial charge in [-0.1, -0.05) is 26.2 Å². The highest BCUT2D eigenvalue weighted by atomic mass is 32.2. The molecule has 0 aromatic rings. The van der Waals surface area contributed by atoms with E-state index in [-0.39, 0.29) is 0 Å². The van der Waals surface area contributed by atoms with Gasteiger partial charge in [0.15, 0.2) is 0 Å². The summed E-state index contributed by atoms with van der Waals surface area (Å²) >= 11 is 1.85. The molecule has 1 aliphatic heterocycles. The molecular formula is C11H20O2S. The highest BCUT2D eigenvalue weighted by molar-refractivity contribution is 7.99.